The smallest absolute Gasteiger partial charge is 0.141 e. The van der Waals surface area contributed by atoms with Crippen molar-refractivity contribution in [2.75, 3.05) is 18.8 Å². The molecular formula is C26H34BNS. The van der Waals surface area contributed by atoms with E-state index in [2.05, 4.69) is 96.7 Å². The lowest BCUT2D eigenvalue weighted by molar-refractivity contribution is 0.569. The van der Waals surface area contributed by atoms with Gasteiger partial charge in [0.2, 0.25) is 0 Å². The lowest BCUT2D eigenvalue weighted by Gasteiger charge is -2.27. The van der Waals surface area contributed by atoms with Crippen molar-refractivity contribution in [2.24, 2.45) is 0 Å². The topological polar surface area (TPSA) is 12.9 Å². The average Bonchev–Trinajstić information content (AvgIpc) is 2.57. The third-order valence-electron chi connectivity index (χ3n) is 5.47. The number of nitrogens with zero attached hydrogens (tertiary/aromatic N) is 1. The van der Waals surface area contributed by atoms with Crippen LogP contribution in [0, 0.1) is 0 Å². The summed E-state index contributed by atoms with van der Waals surface area (Å²) in [5.41, 5.74) is 5.49. The van der Waals surface area contributed by atoms with Crippen molar-refractivity contribution in [2.45, 2.75) is 57.3 Å². The van der Waals surface area contributed by atoms with E-state index in [4.69, 9.17) is 12.8 Å². The van der Waals surface area contributed by atoms with Crippen molar-refractivity contribution in [3.8, 4) is 11.3 Å². The summed E-state index contributed by atoms with van der Waals surface area (Å²) in [7, 11) is 5.47. The van der Waals surface area contributed by atoms with E-state index in [1.165, 1.54) is 21.4 Å². The van der Waals surface area contributed by atoms with E-state index in [9.17, 15) is 0 Å². The third-order valence-corrected chi connectivity index (χ3v) is 7.14. The molecule has 0 bridgehead atoms. The number of benzene rings is 2. The molecule has 0 aliphatic heterocycles. The zero-order valence-corrected chi connectivity index (χ0v) is 20.3. The third kappa shape index (κ3) is 4.72. The van der Waals surface area contributed by atoms with E-state index >= 15 is 0 Å². The minimum atomic E-state index is -0.798. The Balaban J connectivity index is 2.33. The maximum atomic E-state index is 6.26. The molecule has 2 radical (unpaired) electrons. The minimum Gasteiger partial charge on any atom is -0.264 e. The van der Waals surface area contributed by atoms with Crippen LogP contribution in [0.5, 0.6) is 0 Å². The molecule has 0 aliphatic rings. The second-order valence-electron chi connectivity index (χ2n) is 10.9. The number of fused-ring (bicyclic) bond motifs is 1. The molecule has 0 saturated heterocycles. The zero-order chi connectivity index (χ0) is 21.8. The Kier molecular flexibility index (Phi) is 5.45. The highest BCUT2D eigenvalue weighted by Gasteiger charge is 2.22. The summed E-state index contributed by atoms with van der Waals surface area (Å²) in [6, 6.07) is 15.7. The summed E-state index contributed by atoms with van der Waals surface area (Å²) in [5.74, 6) is 0. The standard InChI is InChI=1S/C26H34BNS/c1-25(2,3)19-12-18(13-20(16-19)26(4,5)6)24-22-11-10-21(29(7,8)9)14-17(22)15-23(27)28-24/h10-16H,1-9H3. The molecule has 0 N–H and O–H groups in total. The van der Waals surface area contributed by atoms with Gasteiger partial charge >= 0.3 is 0 Å². The molecule has 3 aromatic rings. The molecule has 0 unspecified atom stereocenters. The maximum Gasteiger partial charge on any atom is 0.141 e. The van der Waals surface area contributed by atoms with Gasteiger partial charge in [-0.1, -0.05) is 53.7 Å². The number of hydrogen-bond acceptors (Lipinski definition) is 1. The van der Waals surface area contributed by atoms with Gasteiger partial charge < -0.3 is 0 Å². The molecule has 0 saturated carbocycles. The highest BCUT2D eigenvalue weighted by molar-refractivity contribution is 8.32. The van der Waals surface area contributed by atoms with Crippen LogP contribution >= 0.6 is 10.0 Å². The molecule has 0 fully saturated rings. The van der Waals surface area contributed by atoms with E-state index in [0.717, 1.165) is 16.6 Å². The normalized spacial score (nSPS) is 13.7. The monoisotopic (exact) mass is 403 g/mol. The summed E-state index contributed by atoms with van der Waals surface area (Å²) in [6.45, 7) is 13.6. The van der Waals surface area contributed by atoms with Gasteiger partial charge in [-0.2, -0.15) is 0 Å². The molecule has 1 heterocycles. The van der Waals surface area contributed by atoms with Crippen molar-refractivity contribution in [1.29, 1.82) is 0 Å². The fourth-order valence-electron chi connectivity index (χ4n) is 3.49. The predicted molar refractivity (Wildman–Crippen MR) is 134 cm³/mol. The van der Waals surface area contributed by atoms with Gasteiger partial charge in [0.1, 0.15) is 7.85 Å². The first-order chi connectivity index (χ1) is 13.2. The van der Waals surface area contributed by atoms with Crippen LogP contribution in [-0.4, -0.2) is 31.6 Å². The predicted octanol–water partition coefficient (Wildman–Crippen LogP) is 6.34. The molecule has 0 spiro atoms. The van der Waals surface area contributed by atoms with Crippen molar-refractivity contribution in [3.63, 3.8) is 0 Å². The van der Waals surface area contributed by atoms with E-state index in [0.29, 0.717) is 5.59 Å². The lowest BCUT2D eigenvalue weighted by Crippen LogP contribution is -2.17. The second kappa shape index (κ2) is 7.20. The minimum absolute atomic E-state index is 0.0644. The van der Waals surface area contributed by atoms with E-state index in [1.807, 2.05) is 6.07 Å². The highest BCUT2D eigenvalue weighted by Crippen LogP contribution is 2.46. The Labute approximate surface area is 180 Å². The summed E-state index contributed by atoms with van der Waals surface area (Å²) in [5, 5.41) is 2.34. The Morgan fingerprint density at radius 3 is 1.79 bits per heavy atom. The summed E-state index contributed by atoms with van der Waals surface area (Å²) in [6.07, 6.45) is 6.96. The van der Waals surface area contributed by atoms with Gasteiger partial charge in [-0.15, -0.1) is 0 Å². The van der Waals surface area contributed by atoms with Crippen molar-refractivity contribution in [1.82, 2.24) is 4.98 Å². The summed E-state index contributed by atoms with van der Waals surface area (Å²) in [4.78, 5) is 6.18. The highest BCUT2D eigenvalue weighted by atomic mass is 32.3. The molecule has 1 nitrogen and oxygen atoms in total. The largest absolute Gasteiger partial charge is 0.264 e. The van der Waals surface area contributed by atoms with Crippen molar-refractivity contribution < 1.29 is 0 Å². The fourth-order valence-corrected chi connectivity index (χ4v) is 4.44. The Morgan fingerprint density at radius 1 is 0.759 bits per heavy atom. The molecule has 0 amide bonds. The van der Waals surface area contributed by atoms with Gasteiger partial charge in [-0.05, 0) is 86.9 Å². The quantitative estimate of drug-likeness (QED) is 0.455. The number of pyridine rings is 1. The van der Waals surface area contributed by atoms with Gasteiger partial charge in [-0.25, -0.2) is 10.0 Å². The van der Waals surface area contributed by atoms with Gasteiger partial charge in [0.15, 0.2) is 0 Å². The second-order valence-corrected chi connectivity index (χ2v) is 15.1. The summed E-state index contributed by atoms with van der Waals surface area (Å²) >= 11 is 0. The van der Waals surface area contributed by atoms with Crippen LogP contribution in [0.1, 0.15) is 52.7 Å². The molecular weight excluding hydrogens is 369 g/mol. The van der Waals surface area contributed by atoms with E-state index in [1.54, 1.807) is 0 Å². The lowest BCUT2D eigenvalue weighted by atomic mass is 9.79. The fraction of sp³-hybridized carbons (Fsp3) is 0.423. The van der Waals surface area contributed by atoms with Gasteiger partial charge in [0.05, 0.1) is 5.69 Å². The molecule has 0 atom stereocenters. The zero-order valence-electron chi connectivity index (χ0n) is 19.5. The molecule has 3 heteroatoms. The molecule has 152 valence electrons. The van der Waals surface area contributed by atoms with Crippen LogP contribution in [0.15, 0.2) is 47.4 Å². The molecule has 29 heavy (non-hydrogen) atoms. The van der Waals surface area contributed by atoms with E-state index < -0.39 is 10.0 Å². The maximum absolute atomic E-state index is 6.26. The number of rotatable bonds is 2. The van der Waals surface area contributed by atoms with E-state index in [-0.39, 0.29) is 10.8 Å². The Bertz CT molecular complexity index is 1030. The molecule has 3 rings (SSSR count). The van der Waals surface area contributed by atoms with Crippen molar-refractivity contribution in [3.05, 3.63) is 53.6 Å². The van der Waals surface area contributed by atoms with Gasteiger partial charge in [0, 0.05) is 10.9 Å². The average molecular weight is 403 g/mol. The molecule has 1 aromatic heterocycles. The van der Waals surface area contributed by atoms with Crippen LogP contribution in [0.4, 0.5) is 0 Å². The van der Waals surface area contributed by atoms with Gasteiger partial charge in [-0.3, -0.25) is 4.98 Å². The van der Waals surface area contributed by atoms with Crippen LogP contribution in [0.25, 0.3) is 22.0 Å². The molecule has 0 aliphatic carbocycles. The van der Waals surface area contributed by atoms with Gasteiger partial charge in [0.25, 0.3) is 0 Å². The van der Waals surface area contributed by atoms with Crippen LogP contribution in [0.2, 0.25) is 0 Å². The molecule has 2 aromatic carbocycles. The SMILES string of the molecule is [B]c1cc2cc(S(C)(C)C)ccc2c(-c2cc(C(C)(C)C)cc(C(C)(C)C)c2)n1. The first-order valence-corrected chi connectivity index (χ1v) is 13.1. The first-order valence-electron chi connectivity index (χ1n) is 10.2. The number of hydrogen-bond donors (Lipinski definition) is 0. The Hall–Kier alpha value is -1.74. The Morgan fingerprint density at radius 2 is 1.31 bits per heavy atom. The van der Waals surface area contributed by atoms with Crippen molar-refractivity contribution >= 4 is 34.2 Å². The van der Waals surface area contributed by atoms with Crippen LogP contribution in [-0.2, 0) is 10.8 Å². The summed E-state index contributed by atoms with van der Waals surface area (Å²) < 4.78 is 0. The van der Waals surface area contributed by atoms with Crippen LogP contribution < -0.4 is 5.59 Å². The first kappa shape index (κ1) is 22.0. The number of aromatic nitrogens is 1. The van der Waals surface area contributed by atoms with Crippen LogP contribution in [0.3, 0.4) is 0 Å².